The number of hydrogen-bond donors (Lipinski definition) is 6. The van der Waals surface area contributed by atoms with Crippen molar-refractivity contribution in [2.24, 2.45) is 11.1 Å². The molecule has 1 saturated carbocycles. The van der Waals surface area contributed by atoms with Crippen molar-refractivity contribution in [1.29, 1.82) is 0 Å². The Labute approximate surface area is 674 Å². The zero-order chi connectivity index (χ0) is 82.9. The van der Waals surface area contributed by atoms with E-state index >= 15 is 0 Å². The van der Waals surface area contributed by atoms with E-state index in [1.54, 1.807) is 149 Å². The van der Waals surface area contributed by atoms with Crippen LogP contribution in [0.4, 0.5) is 32.3 Å². The molecule has 0 aromatic heterocycles. The molecule has 3 aliphatic heterocycles. The fourth-order valence-electron chi connectivity index (χ4n) is 13.8. The van der Waals surface area contributed by atoms with Gasteiger partial charge in [-0.3, -0.25) is 61.9 Å². The molecular formula is C83H101Cl2N9O18P2. The Bertz CT molecular complexity index is 4810. The lowest BCUT2D eigenvalue weighted by Gasteiger charge is -2.39. The van der Waals surface area contributed by atoms with Crippen LogP contribution in [0.15, 0.2) is 127 Å². The normalized spacial score (nSPS) is 16.6. The summed E-state index contributed by atoms with van der Waals surface area (Å²) in [5.41, 5.74) is 4.21. The number of amides is 10. The number of benzene rings is 6. The SMILES string of the molecule is CC(C)(C)OP(=O)(Oc1cc2c(c3ccccc13)[C@H](CCl)CN2C(=O)/C=C/c1ccc(/C=C/C(=O)N2C[C@@H](CCl)c3c2cc(OP(=O)(OC(C)(C)C)OC(C)(C)C)c2ccccc32)c(NC(=O)OCc2ccc(NC(=O)[C@H](CCCNC(N)=O)NC(=O)C3(C(=O)NCCCCCN4C(=O)C=CC4=O)CCC3)cc2)c1)OC(C)(C)C. The molecule has 27 nitrogen and oxygen atoms in total. The number of nitrogens with two attached hydrogens (primary N) is 1. The molecule has 114 heavy (non-hydrogen) atoms. The topological polar surface area (TPSA) is 348 Å². The van der Waals surface area contributed by atoms with Crippen LogP contribution in [0.2, 0.25) is 0 Å². The molecule has 3 atom stereocenters. The number of carbonyl (C=O) groups is 9. The molecule has 4 aliphatic rings. The van der Waals surface area contributed by atoms with Gasteiger partial charge in [0.1, 0.15) is 29.6 Å². The number of urea groups is 1. The van der Waals surface area contributed by atoms with Gasteiger partial charge in [-0.15, -0.1) is 23.2 Å². The molecule has 610 valence electrons. The number of phosphoric ester groups is 2. The number of nitrogens with one attached hydrogen (secondary N) is 5. The van der Waals surface area contributed by atoms with Crippen LogP contribution in [0.3, 0.4) is 0 Å². The van der Waals surface area contributed by atoms with Crippen molar-refractivity contribution in [3.63, 3.8) is 0 Å². The van der Waals surface area contributed by atoms with Gasteiger partial charge in [0.05, 0.1) is 39.5 Å². The van der Waals surface area contributed by atoms with E-state index in [1.807, 2.05) is 48.5 Å². The number of anilines is 4. The van der Waals surface area contributed by atoms with Crippen molar-refractivity contribution >= 4 is 149 Å². The van der Waals surface area contributed by atoms with Crippen molar-refractivity contribution in [3.05, 3.63) is 155 Å². The minimum Gasteiger partial charge on any atom is -0.444 e. The number of rotatable bonds is 32. The fourth-order valence-corrected chi connectivity index (χ4v) is 17.9. The molecule has 1 fully saturated rings. The summed E-state index contributed by atoms with van der Waals surface area (Å²) in [5, 5.41) is 16.4. The standard InChI is InChI=1S/C83H101Cl2N9O18P2/c1-79(2,3)109-113(104,110-80(4,5)6)107-66-45-64-72(60-24-16-14-22-58(60)66)55(47-84)49-93(64)70(97)35-30-52-27-31-54(32-36-71(98)94-50-56(48-85)73-61-25-17-15-23-59(61)67(46-65(73)94)108-114(105,111-81(7,8)9)112-82(10,11)12)63(44-52)91-78(103)106-51-53-28-33-57(34-29-53)89-74(99)62(26-20-42-88-77(86)102)90-76(101)83(39-21-40-83)75(100)87-41-18-13-19-43-92-68(95)37-38-69(92)96/h14-17,22-25,27-38,44-46,55-56,62H,13,18-21,26,39-43,47-51H2,1-12H3,(H,87,100)(H,89,99)(H,90,101)(H,91,103)(H3,86,88,102)/b35-30+,36-32+/t55-,56-,62+/m1/s1. The first-order valence-corrected chi connectivity index (χ1v) is 41.9. The van der Waals surface area contributed by atoms with Gasteiger partial charge < -0.3 is 50.6 Å². The molecule has 0 unspecified atom stereocenters. The van der Waals surface area contributed by atoms with Crippen molar-refractivity contribution in [1.82, 2.24) is 20.9 Å². The number of primary amides is 1. The molecule has 6 aromatic carbocycles. The fraction of sp³-hybridized carbons (Fsp3) is 0.434. The minimum absolute atomic E-state index is 0.0543. The third-order valence-electron chi connectivity index (χ3n) is 18.8. The number of hydrogen-bond acceptors (Lipinski definition) is 18. The molecule has 0 bridgehead atoms. The Kier molecular flexibility index (Phi) is 27.6. The number of phosphoric acid groups is 2. The number of unbranched alkanes of at least 4 members (excludes halogenated alkanes) is 2. The molecule has 31 heteroatoms. The van der Waals surface area contributed by atoms with Crippen molar-refractivity contribution in [2.75, 3.05) is 64.9 Å². The highest BCUT2D eigenvalue weighted by Crippen LogP contribution is 2.60. The van der Waals surface area contributed by atoms with E-state index < -0.39 is 91.2 Å². The quantitative estimate of drug-likeness (QED) is 0.00570. The van der Waals surface area contributed by atoms with Gasteiger partial charge in [0.15, 0.2) is 0 Å². The van der Waals surface area contributed by atoms with Crippen molar-refractivity contribution in [2.45, 2.75) is 181 Å². The van der Waals surface area contributed by atoms with E-state index in [2.05, 4.69) is 26.6 Å². The monoisotopic (exact) mass is 1640 g/mol. The Morgan fingerprint density at radius 2 is 1.08 bits per heavy atom. The molecule has 0 saturated heterocycles. The van der Waals surface area contributed by atoms with Crippen LogP contribution in [0.5, 0.6) is 11.5 Å². The molecule has 7 N–H and O–H groups in total. The second kappa shape index (κ2) is 36.2. The zero-order valence-corrected chi connectivity index (χ0v) is 69.5. The smallest absolute Gasteiger partial charge is 0.444 e. The van der Waals surface area contributed by atoms with Gasteiger partial charge in [-0.25, -0.2) is 18.7 Å². The van der Waals surface area contributed by atoms with Gasteiger partial charge >= 0.3 is 27.8 Å². The molecule has 6 aromatic rings. The Hall–Kier alpha value is -9.43. The Morgan fingerprint density at radius 1 is 0.588 bits per heavy atom. The van der Waals surface area contributed by atoms with E-state index in [0.717, 1.165) is 21.4 Å². The van der Waals surface area contributed by atoms with Crippen LogP contribution in [0.25, 0.3) is 33.7 Å². The molecule has 0 spiro atoms. The summed E-state index contributed by atoms with van der Waals surface area (Å²) in [6.45, 7) is 21.4. The van der Waals surface area contributed by atoms with Gasteiger partial charge in [0, 0.05) is 109 Å². The largest absolute Gasteiger partial charge is 0.531 e. The first kappa shape index (κ1) is 87.0. The van der Waals surface area contributed by atoms with E-state index in [9.17, 15) is 52.3 Å². The number of carbonyl (C=O) groups excluding carboxylic acids is 9. The number of alkyl halides is 2. The second-order valence-corrected chi connectivity index (χ2v) is 36.0. The van der Waals surface area contributed by atoms with Gasteiger partial charge in [0.25, 0.3) is 23.6 Å². The summed E-state index contributed by atoms with van der Waals surface area (Å²) in [6.07, 6.45) is 10.3. The van der Waals surface area contributed by atoms with Gasteiger partial charge in [-0.2, -0.15) is 0 Å². The number of halogens is 2. The predicted molar refractivity (Wildman–Crippen MR) is 440 cm³/mol. The average molecular weight is 1650 g/mol. The van der Waals surface area contributed by atoms with E-state index in [1.165, 1.54) is 35.3 Å². The summed E-state index contributed by atoms with van der Waals surface area (Å²) in [7, 11) is -8.71. The first-order valence-electron chi connectivity index (χ1n) is 37.9. The van der Waals surface area contributed by atoms with Crippen molar-refractivity contribution in [3.8, 4) is 11.5 Å². The maximum absolute atomic E-state index is 14.9. The lowest BCUT2D eigenvalue weighted by atomic mass is 9.67. The first-order chi connectivity index (χ1) is 53.7. The molecule has 0 radical (unpaired) electrons. The lowest BCUT2D eigenvalue weighted by Crippen LogP contribution is -2.58. The summed E-state index contributed by atoms with van der Waals surface area (Å²) in [6, 6.07) is 27.3. The minimum atomic E-state index is -4.36. The summed E-state index contributed by atoms with van der Waals surface area (Å²) in [5.74, 6) is -3.50. The number of ether oxygens (including phenoxy) is 1. The number of nitrogens with zero attached hydrogens (tertiary/aromatic N) is 3. The van der Waals surface area contributed by atoms with Crippen LogP contribution in [-0.4, -0.2) is 131 Å². The van der Waals surface area contributed by atoms with Crippen LogP contribution >= 0.6 is 38.8 Å². The number of imide groups is 1. The third kappa shape index (κ3) is 22.4. The highest BCUT2D eigenvalue weighted by atomic mass is 35.5. The van der Waals surface area contributed by atoms with E-state index in [-0.39, 0.29) is 118 Å². The predicted octanol–water partition coefficient (Wildman–Crippen LogP) is 16.0. The van der Waals surface area contributed by atoms with E-state index in [4.69, 9.17) is 60.8 Å². The van der Waals surface area contributed by atoms with Gasteiger partial charge in [-0.1, -0.05) is 79.2 Å². The molecule has 3 heterocycles. The van der Waals surface area contributed by atoms with Crippen LogP contribution in [0.1, 0.15) is 174 Å². The van der Waals surface area contributed by atoms with Crippen LogP contribution < -0.4 is 51.2 Å². The third-order valence-corrected chi connectivity index (χ3v) is 23.4. The number of fused-ring (bicyclic) bond motifs is 6. The maximum Gasteiger partial charge on any atom is 0.531 e. The molecule has 10 amide bonds. The highest BCUT2D eigenvalue weighted by Gasteiger charge is 2.52. The molecule has 1 aliphatic carbocycles. The highest BCUT2D eigenvalue weighted by molar-refractivity contribution is 7.49. The Morgan fingerprint density at radius 3 is 1.55 bits per heavy atom. The molecular weight excluding hydrogens is 1540 g/mol. The average Bonchev–Trinajstić information content (AvgIpc) is 1.55. The second-order valence-electron chi connectivity index (χ2n) is 32.5. The summed E-state index contributed by atoms with van der Waals surface area (Å²) in [4.78, 5) is 125. The maximum atomic E-state index is 14.9. The van der Waals surface area contributed by atoms with Gasteiger partial charge in [0.2, 0.25) is 17.7 Å². The van der Waals surface area contributed by atoms with Gasteiger partial charge in [-0.05, 0) is 197 Å². The van der Waals surface area contributed by atoms with Crippen LogP contribution in [-0.2, 0) is 72.1 Å². The lowest BCUT2D eigenvalue weighted by molar-refractivity contribution is -0.151. The van der Waals surface area contributed by atoms with Crippen molar-refractivity contribution < 1.29 is 84.2 Å². The zero-order valence-electron chi connectivity index (χ0n) is 66.2. The molecule has 10 rings (SSSR count). The Balaban J connectivity index is 0.889. The summed E-state index contributed by atoms with van der Waals surface area (Å²) >= 11 is 13.4. The summed E-state index contributed by atoms with van der Waals surface area (Å²) < 4.78 is 71.9. The van der Waals surface area contributed by atoms with E-state index in [0.29, 0.717) is 75.6 Å². The van der Waals surface area contributed by atoms with Crippen LogP contribution in [0, 0.1) is 5.41 Å².